The number of benzene rings is 1. The maximum Gasteiger partial charge on any atom is 0.0148 e. The van der Waals surface area contributed by atoms with Gasteiger partial charge in [-0.1, -0.05) is 74.6 Å². The maximum absolute atomic E-state index is 4.10. The molecule has 0 spiro atoms. The minimum absolute atomic E-state index is 0.00734. The second-order valence-electron chi connectivity index (χ2n) is 4.88. The second kappa shape index (κ2) is 5.67. The zero-order valence-corrected chi connectivity index (χ0v) is 11.3. The first kappa shape index (κ1) is 13.5. The van der Waals surface area contributed by atoms with Crippen LogP contribution in [0, 0.1) is 0 Å². The lowest BCUT2D eigenvalue weighted by Crippen LogP contribution is -2.20. The summed E-state index contributed by atoms with van der Waals surface area (Å²) >= 11 is 0. The molecule has 0 unspecified atom stereocenters. The van der Waals surface area contributed by atoms with Crippen LogP contribution in [-0.4, -0.2) is 0 Å². The van der Waals surface area contributed by atoms with E-state index in [0.29, 0.717) is 0 Å². The summed E-state index contributed by atoms with van der Waals surface area (Å²) in [5.41, 5.74) is 3.71. The SMILES string of the molecule is C=C(C)/C(=C\C=C/C)C(C)(C)c1ccccc1. The Bertz CT molecular complexity index is 430. The fourth-order valence-corrected chi connectivity index (χ4v) is 2.09. The standard InChI is InChI=1S/C17H22/c1-6-7-13-16(14(2)3)17(4,5)15-11-9-8-10-12-15/h6-13H,2H2,1,3-5H3/b7-6-,16-13+. The number of hydrogen-bond acceptors (Lipinski definition) is 0. The van der Waals surface area contributed by atoms with Crippen molar-refractivity contribution in [1.82, 2.24) is 0 Å². The third-order valence-corrected chi connectivity index (χ3v) is 3.08. The minimum atomic E-state index is -0.00734. The van der Waals surface area contributed by atoms with Crippen LogP contribution in [0.25, 0.3) is 0 Å². The van der Waals surface area contributed by atoms with Gasteiger partial charge < -0.3 is 0 Å². The smallest absolute Gasteiger partial charge is 0.0148 e. The molecule has 0 aliphatic heterocycles. The van der Waals surface area contributed by atoms with Gasteiger partial charge in [0.2, 0.25) is 0 Å². The molecule has 1 rings (SSSR count). The molecule has 0 bridgehead atoms. The van der Waals surface area contributed by atoms with E-state index in [1.54, 1.807) is 0 Å². The van der Waals surface area contributed by atoms with Crippen LogP contribution >= 0.6 is 0 Å². The third kappa shape index (κ3) is 3.20. The summed E-state index contributed by atoms with van der Waals surface area (Å²) in [5, 5.41) is 0. The first-order chi connectivity index (χ1) is 8.00. The summed E-state index contributed by atoms with van der Waals surface area (Å²) in [4.78, 5) is 0. The van der Waals surface area contributed by atoms with Crippen molar-refractivity contribution in [2.45, 2.75) is 33.1 Å². The maximum atomic E-state index is 4.10. The van der Waals surface area contributed by atoms with Crippen molar-refractivity contribution in [1.29, 1.82) is 0 Å². The number of allylic oxidation sites excluding steroid dienone is 5. The molecule has 0 saturated carbocycles. The van der Waals surface area contributed by atoms with Crippen molar-refractivity contribution in [3.05, 3.63) is 71.8 Å². The summed E-state index contributed by atoms with van der Waals surface area (Å²) in [6.45, 7) is 12.7. The van der Waals surface area contributed by atoms with Crippen LogP contribution in [0.4, 0.5) is 0 Å². The lowest BCUT2D eigenvalue weighted by atomic mass is 9.75. The Morgan fingerprint density at radius 1 is 1.18 bits per heavy atom. The number of hydrogen-bond donors (Lipinski definition) is 0. The Morgan fingerprint density at radius 3 is 2.24 bits per heavy atom. The second-order valence-corrected chi connectivity index (χ2v) is 4.88. The topological polar surface area (TPSA) is 0 Å². The summed E-state index contributed by atoms with van der Waals surface area (Å²) in [7, 11) is 0. The molecule has 0 aliphatic rings. The van der Waals surface area contributed by atoms with Gasteiger partial charge in [0, 0.05) is 5.41 Å². The van der Waals surface area contributed by atoms with Gasteiger partial charge in [0.25, 0.3) is 0 Å². The molecule has 1 aromatic carbocycles. The first-order valence-corrected chi connectivity index (χ1v) is 6.05. The average molecular weight is 226 g/mol. The first-order valence-electron chi connectivity index (χ1n) is 6.05. The molecule has 0 heterocycles. The molecule has 0 nitrogen and oxygen atoms in total. The van der Waals surface area contributed by atoms with Crippen molar-refractivity contribution in [2.24, 2.45) is 0 Å². The van der Waals surface area contributed by atoms with E-state index in [2.05, 4.69) is 69.8 Å². The largest absolute Gasteiger partial charge is 0.0958 e. The summed E-state index contributed by atoms with van der Waals surface area (Å²) in [5.74, 6) is 0. The fourth-order valence-electron chi connectivity index (χ4n) is 2.09. The van der Waals surface area contributed by atoms with Crippen LogP contribution in [0.15, 0.2) is 66.3 Å². The average Bonchev–Trinajstić information content (AvgIpc) is 2.30. The molecule has 0 N–H and O–H groups in total. The molecule has 0 atom stereocenters. The van der Waals surface area contributed by atoms with Crippen LogP contribution in [0.5, 0.6) is 0 Å². The molecule has 0 amide bonds. The van der Waals surface area contributed by atoms with Crippen molar-refractivity contribution in [3.8, 4) is 0 Å². The van der Waals surface area contributed by atoms with Crippen LogP contribution in [0.3, 0.4) is 0 Å². The third-order valence-electron chi connectivity index (χ3n) is 3.08. The van der Waals surface area contributed by atoms with E-state index in [-0.39, 0.29) is 5.41 Å². The molecule has 0 heteroatoms. The predicted molar refractivity (Wildman–Crippen MR) is 77.2 cm³/mol. The molecule has 17 heavy (non-hydrogen) atoms. The van der Waals surface area contributed by atoms with Gasteiger partial charge in [-0.2, -0.15) is 0 Å². The van der Waals surface area contributed by atoms with E-state index >= 15 is 0 Å². The van der Waals surface area contributed by atoms with Crippen molar-refractivity contribution >= 4 is 0 Å². The highest BCUT2D eigenvalue weighted by Gasteiger charge is 2.25. The van der Waals surface area contributed by atoms with E-state index in [0.717, 1.165) is 5.57 Å². The minimum Gasteiger partial charge on any atom is -0.0958 e. The van der Waals surface area contributed by atoms with Crippen molar-refractivity contribution in [3.63, 3.8) is 0 Å². The quantitative estimate of drug-likeness (QED) is 0.631. The summed E-state index contributed by atoms with van der Waals surface area (Å²) in [6, 6.07) is 10.6. The molecule has 0 radical (unpaired) electrons. The van der Waals surface area contributed by atoms with Crippen LogP contribution < -0.4 is 0 Å². The van der Waals surface area contributed by atoms with E-state index in [9.17, 15) is 0 Å². The molecule has 0 aromatic heterocycles. The lowest BCUT2D eigenvalue weighted by molar-refractivity contribution is 0.631. The summed E-state index contributed by atoms with van der Waals surface area (Å²) < 4.78 is 0. The Balaban J connectivity index is 3.22. The van der Waals surface area contributed by atoms with Gasteiger partial charge >= 0.3 is 0 Å². The lowest BCUT2D eigenvalue weighted by Gasteiger charge is -2.29. The normalized spacial score (nSPS) is 13.1. The molecule has 1 aromatic rings. The van der Waals surface area contributed by atoms with Crippen LogP contribution in [-0.2, 0) is 5.41 Å². The van der Waals surface area contributed by atoms with Crippen LogP contribution in [0.2, 0.25) is 0 Å². The summed E-state index contributed by atoms with van der Waals surface area (Å²) in [6.07, 6.45) is 6.29. The Kier molecular flexibility index (Phi) is 4.51. The zero-order valence-electron chi connectivity index (χ0n) is 11.3. The van der Waals surface area contributed by atoms with Gasteiger partial charge in [-0.05, 0) is 25.0 Å². The molecule has 0 saturated heterocycles. The Morgan fingerprint density at radius 2 is 1.76 bits per heavy atom. The number of rotatable bonds is 4. The van der Waals surface area contributed by atoms with Crippen molar-refractivity contribution < 1.29 is 0 Å². The fraction of sp³-hybridized carbons (Fsp3) is 0.294. The van der Waals surface area contributed by atoms with Gasteiger partial charge in [0.05, 0.1) is 0 Å². The molecular weight excluding hydrogens is 204 g/mol. The van der Waals surface area contributed by atoms with Crippen molar-refractivity contribution in [2.75, 3.05) is 0 Å². The molecule has 0 fully saturated rings. The Labute approximate surface area is 105 Å². The van der Waals surface area contributed by atoms with E-state index in [4.69, 9.17) is 0 Å². The van der Waals surface area contributed by atoms with E-state index in [1.165, 1.54) is 11.1 Å². The Hall–Kier alpha value is -1.56. The molecule has 0 aliphatic carbocycles. The van der Waals surface area contributed by atoms with Gasteiger partial charge in [-0.15, -0.1) is 0 Å². The molecular formula is C17H22. The highest BCUT2D eigenvalue weighted by Crippen LogP contribution is 2.34. The highest BCUT2D eigenvalue weighted by atomic mass is 14.3. The van der Waals surface area contributed by atoms with E-state index < -0.39 is 0 Å². The van der Waals surface area contributed by atoms with Gasteiger partial charge in [0.15, 0.2) is 0 Å². The molecule has 90 valence electrons. The van der Waals surface area contributed by atoms with Gasteiger partial charge in [-0.25, -0.2) is 0 Å². The van der Waals surface area contributed by atoms with Crippen LogP contribution in [0.1, 0.15) is 33.3 Å². The van der Waals surface area contributed by atoms with Gasteiger partial charge in [0.1, 0.15) is 0 Å². The van der Waals surface area contributed by atoms with Gasteiger partial charge in [-0.3, -0.25) is 0 Å². The van der Waals surface area contributed by atoms with E-state index in [1.807, 2.05) is 13.0 Å². The monoisotopic (exact) mass is 226 g/mol. The highest BCUT2D eigenvalue weighted by molar-refractivity contribution is 5.45. The predicted octanol–water partition coefficient (Wildman–Crippen LogP) is 5.04. The zero-order chi connectivity index (χ0) is 12.9.